The smallest absolute Gasteiger partial charge is 0.338 e. The number of aromatic amines is 1. The summed E-state index contributed by atoms with van der Waals surface area (Å²) < 4.78 is 4.85. The van der Waals surface area contributed by atoms with Gasteiger partial charge in [0.25, 0.3) is 0 Å². The van der Waals surface area contributed by atoms with Crippen molar-refractivity contribution < 1.29 is 14.5 Å². The van der Waals surface area contributed by atoms with Crippen LogP contribution in [0.4, 0.5) is 0 Å². The number of methoxy groups -OCH3 is 1. The number of nitrogens with zero attached hydrogens (tertiary/aromatic N) is 1. The van der Waals surface area contributed by atoms with E-state index in [4.69, 9.17) is 4.74 Å². The second-order valence-electron chi connectivity index (χ2n) is 5.44. The summed E-state index contributed by atoms with van der Waals surface area (Å²) >= 11 is 0. The molecule has 2 aromatic carbocycles. The molecule has 3 rings (SSSR count). The molecule has 122 valence electrons. The molecule has 1 atom stereocenters. The molecule has 3 aromatic rings. The molecule has 0 saturated heterocycles. The average Bonchev–Trinajstić information content (AvgIpc) is 3.03. The zero-order chi connectivity index (χ0) is 17.1. The van der Waals surface area contributed by atoms with Crippen molar-refractivity contribution in [2.24, 2.45) is 0 Å². The standard InChI is InChI=1S/C18H16N2O4/c1-24-18(21)13-8-5-9-16-17(13)14(10-19-16)15(11-20(22)23)12-6-3-2-4-7-12/h2-10,15,19H,11H2,1H3. The topological polar surface area (TPSA) is 85.2 Å². The lowest BCUT2D eigenvalue weighted by atomic mass is 9.89. The number of carbonyl (C=O) groups is 1. The molecule has 1 aromatic heterocycles. The Labute approximate surface area is 138 Å². The fourth-order valence-electron chi connectivity index (χ4n) is 2.98. The molecule has 0 saturated carbocycles. The Bertz CT molecular complexity index is 886. The molecule has 0 spiro atoms. The highest BCUT2D eigenvalue weighted by Gasteiger charge is 2.25. The van der Waals surface area contributed by atoms with Gasteiger partial charge in [-0.3, -0.25) is 10.1 Å². The average molecular weight is 324 g/mol. The molecule has 1 N–H and O–H groups in total. The molecule has 0 amide bonds. The van der Waals surface area contributed by atoms with Gasteiger partial charge in [0.1, 0.15) is 0 Å². The third kappa shape index (κ3) is 2.86. The van der Waals surface area contributed by atoms with Gasteiger partial charge in [-0.2, -0.15) is 0 Å². The van der Waals surface area contributed by atoms with Crippen LogP contribution in [0.1, 0.15) is 27.4 Å². The summed E-state index contributed by atoms with van der Waals surface area (Å²) in [6.45, 7) is -0.257. The fourth-order valence-corrected chi connectivity index (χ4v) is 2.98. The van der Waals surface area contributed by atoms with Gasteiger partial charge in [-0.05, 0) is 23.3 Å². The van der Waals surface area contributed by atoms with Crippen molar-refractivity contribution in [1.29, 1.82) is 0 Å². The van der Waals surface area contributed by atoms with Crippen LogP contribution in [0.3, 0.4) is 0 Å². The van der Waals surface area contributed by atoms with Crippen LogP contribution in [0.5, 0.6) is 0 Å². The minimum absolute atomic E-state index is 0.257. The normalized spacial score (nSPS) is 12.0. The highest BCUT2D eigenvalue weighted by Crippen LogP contribution is 2.33. The minimum atomic E-state index is -0.464. The zero-order valence-electron chi connectivity index (χ0n) is 13.1. The number of nitrogens with one attached hydrogen (secondary N) is 1. The summed E-state index contributed by atoms with van der Waals surface area (Å²) in [5, 5.41) is 11.9. The Morgan fingerprint density at radius 1 is 1.21 bits per heavy atom. The van der Waals surface area contributed by atoms with E-state index < -0.39 is 11.9 Å². The number of carbonyl (C=O) groups excluding carboxylic acids is 1. The van der Waals surface area contributed by atoms with Crippen LogP contribution in [0.25, 0.3) is 10.9 Å². The molecule has 0 fully saturated rings. The molecule has 1 heterocycles. The number of hydrogen-bond acceptors (Lipinski definition) is 4. The van der Waals surface area contributed by atoms with Crippen molar-refractivity contribution in [1.82, 2.24) is 4.98 Å². The molecule has 0 aliphatic rings. The van der Waals surface area contributed by atoms with Gasteiger partial charge >= 0.3 is 5.97 Å². The Hall–Kier alpha value is -3.15. The van der Waals surface area contributed by atoms with Crippen LogP contribution in [-0.2, 0) is 4.74 Å². The van der Waals surface area contributed by atoms with Crippen molar-refractivity contribution in [2.75, 3.05) is 13.7 Å². The first-order valence-electron chi connectivity index (χ1n) is 7.47. The number of fused-ring (bicyclic) bond motifs is 1. The van der Waals surface area contributed by atoms with Crippen LogP contribution in [0.15, 0.2) is 54.7 Å². The molecule has 0 aliphatic heterocycles. The van der Waals surface area contributed by atoms with Crippen molar-refractivity contribution in [3.63, 3.8) is 0 Å². The predicted octanol–water partition coefficient (Wildman–Crippen LogP) is 3.36. The number of hydrogen-bond donors (Lipinski definition) is 1. The summed E-state index contributed by atoms with van der Waals surface area (Å²) in [6, 6.07) is 14.5. The molecule has 6 heteroatoms. The molecular formula is C18H16N2O4. The molecule has 6 nitrogen and oxygen atoms in total. The Balaban J connectivity index is 2.21. The Morgan fingerprint density at radius 3 is 2.62 bits per heavy atom. The number of ether oxygens (including phenoxy) is 1. The first-order valence-corrected chi connectivity index (χ1v) is 7.47. The van der Waals surface area contributed by atoms with E-state index in [0.717, 1.165) is 11.1 Å². The van der Waals surface area contributed by atoms with E-state index in [1.54, 1.807) is 18.3 Å². The molecule has 0 bridgehead atoms. The first-order chi connectivity index (χ1) is 11.6. The van der Waals surface area contributed by atoms with E-state index in [9.17, 15) is 14.9 Å². The highest BCUT2D eigenvalue weighted by atomic mass is 16.6. The molecule has 0 aliphatic carbocycles. The second kappa shape index (κ2) is 6.54. The van der Waals surface area contributed by atoms with E-state index in [1.165, 1.54) is 7.11 Å². The van der Waals surface area contributed by atoms with Gasteiger partial charge in [0, 0.05) is 22.0 Å². The number of esters is 1. The van der Waals surface area contributed by atoms with Gasteiger partial charge in [-0.15, -0.1) is 0 Å². The maximum Gasteiger partial charge on any atom is 0.338 e. The van der Waals surface area contributed by atoms with Gasteiger partial charge < -0.3 is 9.72 Å². The maximum atomic E-state index is 12.1. The Kier molecular flexibility index (Phi) is 4.29. The monoisotopic (exact) mass is 324 g/mol. The lowest BCUT2D eigenvalue weighted by molar-refractivity contribution is -0.481. The number of H-pyrrole nitrogens is 1. The number of rotatable bonds is 5. The molecule has 1 unspecified atom stereocenters. The summed E-state index contributed by atoms with van der Waals surface area (Å²) in [4.78, 5) is 26.0. The number of aromatic nitrogens is 1. The third-order valence-electron chi connectivity index (χ3n) is 4.05. The van der Waals surface area contributed by atoms with E-state index in [1.807, 2.05) is 36.4 Å². The lowest BCUT2D eigenvalue weighted by Gasteiger charge is -2.14. The summed E-state index contributed by atoms with van der Waals surface area (Å²) in [5.41, 5.74) is 2.69. The molecular weight excluding hydrogens is 308 g/mol. The molecule has 0 radical (unpaired) electrons. The van der Waals surface area contributed by atoms with E-state index in [0.29, 0.717) is 16.5 Å². The van der Waals surface area contributed by atoms with Crippen LogP contribution in [-0.4, -0.2) is 29.5 Å². The van der Waals surface area contributed by atoms with Crippen molar-refractivity contribution >= 4 is 16.9 Å². The highest BCUT2D eigenvalue weighted by molar-refractivity contribution is 6.05. The van der Waals surface area contributed by atoms with E-state index in [-0.39, 0.29) is 11.5 Å². The van der Waals surface area contributed by atoms with Crippen molar-refractivity contribution in [3.8, 4) is 0 Å². The summed E-state index contributed by atoms with van der Waals surface area (Å²) in [6.07, 6.45) is 1.73. The van der Waals surface area contributed by atoms with E-state index >= 15 is 0 Å². The minimum Gasteiger partial charge on any atom is -0.465 e. The predicted molar refractivity (Wildman–Crippen MR) is 89.8 cm³/mol. The number of nitro groups is 1. The quantitative estimate of drug-likeness (QED) is 0.443. The van der Waals surface area contributed by atoms with E-state index in [2.05, 4.69) is 4.98 Å². The van der Waals surface area contributed by atoms with Gasteiger partial charge in [-0.25, -0.2) is 4.79 Å². The Morgan fingerprint density at radius 2 is 1.96 bits per heavy atom. The largest absolute Gasteiger partial charge is 0.465 e. The maximum absolute atomic E-state index is 12.1. The van der Waals surface area contributed by atoms with Crippen LogP contribution in [0, 0.1) is 10.1 Å². The van der Waals surface area contributed by atoms with Gasteiger partial charge in [0.2, 0.25) is 6.54 Å². The lowest BCUT2D eigenvalue weighted by Crippen LogP contribution is -2.14. The summed E-state index contributed by atoms with van der Waals surface area (Å²) in [7, 11) is 1.32. The van der Waals surface area contributed by atoms with Crippen LogP contribution in [0.2, 0.25) is 0 Å². The first kappa shape index (κ1) is 15.7. The van der Waals surface area contributed by atoms with Crippen LogP contribution >= 0.6 is 0 Å². The van der Waals surface area contributed by atoms with Crippen molar-refractivity contribution in [2.45, 2.75) is 5.92 Å². The zero-order valence-corrected chi connectivity index (χ0v) is 13.1. The number of benzene rings is 2. The SMILES string of the molecule is COC(=O)c1cccc2[nH]cc(C(C[N+](=O)[O-])c3ccccc3)c12. The second-order valence-corrected chi connectivity index (χ2v) is 5.44. The van der Waals surface area contributed by atoms with Crippen molar-refractivity contribution in [3.05, 3.63) is 81.5 Å². The third-order valence-corrected chi connectivity index (χ3v) is 4.05. The van der Waals surface area contributed by atoms with Gasteiger partial charge in [0.05, 0.1) is 18.6 Å². The van der Waals surface area contributed by atoms with Gasteiger partial charge in [0.15, 0.2) is 0 Å². The summed E-state index contributed by atoms with van der Waals surface area (Å²) in [5.74, 6) is -0.921. The van der Waals surface area contributed by atoms with Crippen LogP contribution < -0.4 is 0 Å². The molecule has 24 heavy (non-hydrogen) atoms. The van der Waals surface area contributed by atoms with Gasteiger partial charge in [-0.1, -0.05) is 36.4 Å². The fraction of sp³-hybridized carbons (Fsp3) is 0.167.